The van der Waals surface area contributed by atoms with E-state index in [0.29, 0.717) is 0 Å². The topological polar surface area (TPSA) is 18.5 Å². The molecule has 1 heterocycles. The molecule has 3 heteroatoms. The minimum Gasteiger partial charge on any atom is -0.350 e. The van der Waals surface area contributed by atoms with Crippen LogP contribution in [0.4, 0.5) is 4.39 Å². The molecule has 142 valence electrons. The highest BCUT2D eigenvalue weighted by atomic mass is 19.1. The molecule has 1 unspecified atom stereocenters. The van der Waals surface area contributed by atoms with Crippen molar-refractivity contribution in [3.8, 4) is 0 Å². The number of halogens is 1. The second-order valence-corrected chi connectivity index (χ2v) is 8.30. The largest absolute Gasteiger partial charge is 0.350 e. The maximum Gasteiger partial charge on any atom is 0.157 e. The summed E-state index contributed by atoms with van der Waals surface area (Å²) in [7, 11) is 0. The van der Waals surface area contributed by atoms with Crippen molar-refractivity contribution in [1.29, 1.82) is 0 Å². The maximum absolute atomic E-state index is 13.1. The normalized spacial score (nSPS) is 30.3. The Labute approximate surface area is 156 Å². The van der Waals surface area contributed by atoms with Crippen LogP contribution in [0.3, 0.4) is 0 Å². The first-order valence-electron chi connectivity index (χ1n) is 10.5. The molecule has 4 rings (SSSR count). The Kier molecular flexibility index (Phi) is 6.06. The molecule has 1 saturated carbocycles. The van der Waals surface area contributed by atoms with Crippen LogP contribution < -0.4 is 0 Å². The molecule has 1 saturated heterocycles. The first-order chi connectivity index (χ1) is 12.8. The quantitative estimate of drug-likeness (QED) is 0.646. The van der Waals surface area contributed by atoms with E-state index in [2.05, 4.69) is 6.08 Å². The number of hydrogen-bond acceptors (Lipinski definition) is 2. The first-order valence-corrected chi connectivity index (χ1v) is 10.5. The lowest BCUT2D eigenvalue weighted by Gasteiger charge is -2.35. The number of rotatable bonds is 5. The molecule has 0 spiro atoms. The summed E-state index contributed by atoms with van der Waals surface area (Å²) >= 11 is 0. The van der Waals surface area contributed by atoms with Gasteiger partial charge in [-0.05, 0) is 86.0 Å². The number of ether oxygens (including phenoxy) is 2. The molecular weight excluding hydrogens is 327 g/mol. The zero-order chi connectivity index (χ0) is 17.8. The van der Waals surface area contributed by atoms with E-state index in [0.717, 1.165) is 43.8 Å². The van der Waals surface area contributed by atoms with Crippen LogP contribution >= 0.6 is 0 Å². The van der Waals surface area contributed by atoms with Gasteiger partial charge < -0.3 is 9.47 Å². The van der Waals surface area contributed by atoms with E-state index < -0.39 is 0 Å². The van der Waals surface area contributed by atoms with Crippen molar-refractivity contribution in [2.75, 3.05) is 13.2 Å². The number of benzene rings is 1. The molecule has 1 atom stereocenters. The molecule has 2 nitrogen and oxygen atoms in total. The molecule has 26 heavy (non-hydrogen) atoms. The molecule has 0 N–H and O–H groups in total. The summed E-state index contributed by atoms with van der Waals surface area (Å²) in [4.78, 5) is 0. The summed E-state index contributed by atoms with van der Waals surface area (Å²) in [5.41, 5.74) is 2.61. The molecule has 1 aliphatic heterocycles. The average Bonchev–Trinajstić information content (AvgIpc) is 3.21. The Morgan fingerprint density at radius 2 is 1.58 bits per heavy atom. The summed E-state index contributed by atoms with van der Waals surface area (Å²) < 4.78 is 24.2. The van der Waals surface area contributed by atoms with Gasteiger partial charge in [0.1, 0.15) is 5.82 Å². The lowest BCUT2D eigenvalue weighted by Crippen LogP contribution is -2.23. The Balaban J connectivity index is 1.22. The lowest BCUT2D eigenvalue weighted by atomic mass is 9.70. The van der Waals surface area contributed by atoms with Gasteiger partial charge >= 0.3 is 0 Å². The zero-order valence-corrected chi connectivity index (χ0v) is 15.7. The van der Waals surface area contributed by atoms with E-state index in [4.69, 9.17) is 9.47 Å². The number of hydrogen-bond donors (Lipinski definition) is 0. The second-order valence-electron chi connectivity index (χ2n) is 8.30. The lowest BCUT2D eigenvalue weighted by molar-refractivity contribution is -0.0513. The van der Waals surface area contributed by atoms with E-state index in [-0.39, 0.29) is 12.1 Å². The van der Waals surface area contributed by atoms with Crippen LogP contribution in [0.2, 0.25) is 0 Å². The van der Waals surface area contributed by atoms with Crippen molar-refractivity contribution in [2.45, 2.75) is 64.1 Å². The monoisotopic (exact) mass is 358 g/mol. The van der Waals surface area contributed by atoms with Crippen molar-refractivity contribution in [3.05, 3.63) is 41.7 Å². The highest BCUT2D eigenvalue weighted by Gasteiger charge is 2.29. The van der Waals surface area contributed by atoms with Crippen molar-refractivity contribution in [1.82, 2.24) is 0 Å². The van der Waals surface area contributed by atoms with Crippen molar-refractivity contribution < 1.29 is 13.9 Å². The van der Waals surface area contributed by atoms with Crippen LogP contribution in [-0.4, -0.2) is 19.5 Å². The van der Waals surface area contributed by atoms with E-state index in [1.165, 1.54) is 56.1 Å². The first kappa shape index (κ1) is 18.2. The van der Waals surface area contributed by atoms with E-state index in [9.17, 15) is 4.39 Å². The highest BCUT2D eigenvalue weighted by molar-refractivity contribution is 5.66. The maximum atomic E-state index is 13.1. The SMILES string of the molecule is Fc1ccc(C2=CCC(C3CCC(CCC4OCCO4)CC3)CC2)cc1. The standard InChI is InChI=1S/C23H31FO2/c24-22-12-10-21(11-13-22)20-8-6-19(7-9-20)18-4-1-17(2-5-18)3-14-23-25-15-16-26-23/h8,10-13,17-19,23H,1-7,9,14-16H2. The van der Waals surface area contributed by atoms with Gasteiger partial charge in [0.15, 0.2) is 6.29 Å². The molecule has 0 aromatic heterocycles. The molecule has 0 amide bonds. The molecule has 0 bridgehead atoms. The molecule has 1 aromatic rings. The smallest absolute Gasteiger partial charge is 0.157 e. The van der Waals surface area contributed by atoms with Crippen LogP contribution in [0.25, 0.3) is 5.57 Å². The molecule has 2 aliphatic carbocycles. The van der Waals surface area contributed by atoms with E-state index >= 15 is 0 Å². The predicted octanol–water partition coefficient (Wildman–Crippen LogP) is 5.97. The van der Waals surface area contributed by atoms with Crippen LogP contribution in [0.1, 0.15) is 63.4 Å². The van der Waals surface area contributed by atoms with Gasteiger partial charge in [0.25, 0.3) is 0 Å². The van der Waals surface area contributed by atoms with Crippen LogP contribution in [0.15, 0.2) is 30.3 Å². The van der Waals surface area contributed by atoms with E-state index in [1.807, 2.05) is 12.1 Å². The third-order valence-electron chi connectivity index (χ3n) is 6.73. The third kappa shape index (κ3) is 4.55. The fourth-order valence-corrected chi connectivity index (χ4v) is 5.10. The fraction of sp³-hybridized carbons (Fsp3) is 0.652. The second kappa shape index (κ2) is 8.67. The Hall–Kier alpha value is -1.19. The van der Waals surface area contributed by atoms with Gasteiger partial charge in [-0.25, -0.2) is 4.39 Å². The van der Waals surface area contributed by atoms with Gasteiger partial charge in [-0.2, -0.15) is 0 Å². The van der Waals surface area contributed by atoms with Gasteiger partial charge in [0.2, 0.25) is 0 Å². The highest BCUT2D eigenvalue weighted by Crippen LogP contribution is 2.42. The van der Waals surface area contributed by atoms with Crippen molar-refractivity contribution >= 4 is 5.57 Å². The third-order valence-corrected chi connectivity index (χ3v) is 6.73. The number of allylic oxidation sites excluding steroid dienone is 2. The predicted molar refractivity (Wildman–Crippen MR) is 102 cm³/mol. The minimum atomic E-state index is -0.147. The summed E-state index contributed by atoms with van der Waals surface area (Å²) in [6.07, 6.45) is 14.0. The van der Waals surface area contributed by atoms with Gasteiger partial charge in [-0.1, -0.05) is 31.1 Å². The minimum absolute atomic E-state index is 0.0705. The van der Waals surface area contributed by atoms with Gasteiger partial charge in [0.05, 0.1) is 13.2 Å². The summed E-state index contributed by atoms with van der Waals surface area (Å²) in [5.74, 6) is 2.47. The summed E-state index contributed by atoms with van der Waals surface area (Å²) in [5, 5.41) is 0. The zero-order valence-electron chi connectivity index (χ0n) is 15.7. The van der Waals surface area contributed by atoms with E-state index in [1.54, 1.807) is 12.1 Å². The van der Waals surface area contributed by atoms with Crippen molar-refractivity contribution in [3.63, 3.8) is 0 Å². The van der Waals surface area contributed by atoms with Crippen molar-refractivity contribution in [2.24, 2.45) is 17.8 Å². The van der Waals surface area contributed by atoms with Crippen LogP contribution in [0, 0.1) is 23.6 Å². The summed E-state index contributed by atoms with van der Waals surface area (Å²) in [6, 6.07) is 6.99. The molecular formula is C23H31FO2. The van der Waals surface area contributed by atoms with Crippen LogP contribution in [-0.2, 0) is 9.47 Å². The Morgan fingerprint density at radius 3 is 2.23 bits per heavy atom. The molecule has 2 fully saturated rings. The Morgan fingerprint density at radius 1 is 0.846 bits per heavy atom. The molecule has 1 aromatic carbocycles. The molecule has 3 aliphatic rings. The van der Waals surface area contributed by atoms with Gasteiger partial charge in [-0.3, -0.25) is 0 Å². The van der Waals surface area contributed by atoms with Gasteiger partial charge in [-0.15, -0.1) is 0 Å². The average molecular weight is 358 g/mol. The van der Waals surface area contributed by atoms with Crippen LogP contribution in [0.5, 0.6) is 0 Å². The summed E-state index contributed by atoms with van der Waals surface area (Å²) in [6.45, 7) is 1.54. The molecule has 0 radical (unpaired) electrons. The Bertz CT molecular complexity index is 595. The van der Waals surface area contributed by atoms with Gasteiger partial charge in [0, 0.05) is 0 Å². The fourth-order valence-electron chi connectivity index (χ4n) is 5.10.